The molecule has 3 rings (SSSR count). The van der Waals surface area contributed by atoms with E-state index in [0.29, 0.717) is 18.1 Å². The van der Waals surface area contributed by atoms with Crippen molar-refractivity contribution < 1.29 is 9.59 Å². The van der Waals surface area contributed by atoms with E-state index in [4.69, 9.17) is 11.6 Å². The maximum atomic E-state index is 11.9. The summed E-state index contributed by atoms with van der Waals surface area (Å²) in [5.74, 6) is -0.0230. The number of carbonyl (C=O) groups is 2. The number of halogens is 1. The van der Waals surface area contributed by atoms with Gasteiger partial charge in [0.25, 0.3) is 0 Å². The van der Waals surface area contributed by atoms with Crippen LogP contribution in [0.5, 0.6) is 0 Å². The quantitative estimate of drug-likeness (QED) is 0.849. The molecule has 0 aromatic heterocycles. The van der Waals surface area contributed by atoms with E-state index in [-0.39, 0.29) is 17.9 Å². The smallest absolute Gasteiger partial charge is 0.246 e. The molecule has 6 nitrogen and oxygen atoms in total. The van der Waals surface area contributed by atoms with E-state index in [1.165, 1.54) is 0 Å². The second-order valence-corrected chi connectivity index (χ2v) is 5.75. The van der Waals surface area contributed by atoms with Crippen molar-refractivity contribution in [3.8, 4) is 0 Å². The van der Waals surface area contributed by atoms with Crippen LogP contribution in [0.3, 0.4) is 0 Å². The standard InChI is InChI=1S/C14H17ClN4O2/c1-16-13-8-5-9(15)11(6-10(8)17-14(13)21)19-4-3-18(2)12(20)7-19/h5-6,13,16H,3-4,7H2,1-2H3,(H,17,21). The van der Waals surface area contributed by atoms with Crippen molar-refractivity contribution >= 4 is 34.8 Å². The number of hydrogen-bond donors (Lipinski definition) is 2. The summed E-state index contributed by atoms with van der Waals surface area (Å²) in [6.07, 6.45) is 0. The van der Waals surface area contributed by atoms with Gasteiger partial charge in [-0.05, 0) is 19.2 Å². The first-order valence-electron chi connectivity index (χ1n) is 6.81. The third-order valence-electron chi connectivity index (χ3n) is 4.04. The van der Waals surface area contributed by atoms with Gasteiger partial charge in [-0.2, -0.15) is 0 Å². The van der Waals surface area contributed by atoms with E-state index in [2.05, 4.69) is 10.6 Å². The Kier molecular flexibility index (Phi) is 3.51. The number of likely N-dealkylation sites (N-methyl/N-ethyl adjacent to an activating group) is 2. The van der Waals surface area contributed by atoms with Crippen molar-refractivity contribution in [2.45, 2.75) is 6.04 Å². The van der Waals surface area contributed by atoms with Gasteiger partial charge in [0.1, 0.15) is 6.04 Å². The highest BCUT2D eigenvalue weighted by Crippen LogP contribution is 2.39. The predicted molar refractivity (Wildman–Crippen MR) is 81.7 cm³/mol. The third-order valence-corrected chi connectivity index (χ3v) is 4.34. The van der Waals surface area contributed by atoms with Crippen LogP contribution in [0.25, 0.3) is 0 Å². The largest absolute Gasteiger partial charge is 0.359 e. The summed E-state index contributed by atoms with van der Waals surface area (Å²) in [6, 6.07) is 3.28. The average molecular weight is 309 g/mol. The van der Waals surface area contributed by atoms with Crippen molar-refractivity contribution in [2.75, 3.05) is 43.9 Å². The van der Waals surface area contributed by atoms with Crippen LogP contribution in [0.2, 0.25) is 5.02 Å². The predicted octanol–water partition coefficient (Wildman–Crippen LogP) is 0.831. The Balaban J connectivity index is 1.94. The zero-order valence-corrected chi connectivity index (χ0v) is 12.7. The summed E-state index contributed by atoms with van der Waals surface area (Å²) in [5.41, 5.74) is 2.38. The number of piperazine rings is 1. The fraction of sp³-hybridized carbons (Fsp3) is 0.429. The van der Waals surface area contributed by atoms with E-state index in [1.54, 1.807) is 25.1 Å². The molecule has 0 bridgehead atoms. The maximum absolute atomic E-state index is 11.9. The van der Waals surface area contributed by atoms with Crippen molar-refractivity contribution in [2.24, 2.45) is 0 Å². The number of benzene rings is 1. The number of nitrogens with one attached hydrogen (secondary N) is 2. The molecule has 2 heterocycles. The van der Waals surface area contributed by atoms with E-state index < -0.39 is 0 Å². The van der Waals surface area contributed by atoms with Gasteiger partial charge in [0, 0.05) is 31.4 Å². The third kappa shape index (κ3) is 2.34. The molecule has 112 valence electrons. The molecule has 1 aromatic carbocycles. The molecular weight excluding hydrogens is 292 g/mol. The zero-order valence-electron chi connectivity index (χ0n) is 11.9. The fourth-order valence-corrected chi connectivity index (χ4v) is 3.06. The molecular formula is C14H17ClN4O2. The molecule has 2 aliphatic heterocycles. The Labute approximate surface area is 128 Å². The zero-order chi connectivity index (χ0) is 15.1. The normalized spacial score (nSPS) is 21.6. The summed E-state index contributed by atoms with van der Waals surface area (Å²) in [4.78, 5) is 27.4. The van der Waals surface area contributed by atoms with Gasteiger partial charge in [-0.3, -0.25) is 9.59 Å². The Hall–Kier alpha value is -1.79. The molecule has 21 heavy (non-hydrogen) atoms. The highest BCUT2D eigenvalue weighted by molar-refractivity contribution is 6.33. The number of amides is 2. The molecule has 0 aliphatic carbocycles. The number of hydrogen-bond acceptors (Lipinski definition) is 4. The average Bonchev–Trinajstić information content (AvgIpc) is 2.75. The van der Waals surface area contributed by atoms with E-state index >= 15 is 0 Å². The lowest BCUT2D eigenvalue weighted by Crippen LogP contribution is -2.48. The monoisotopic (exact) mass is 308 g/mol. The molecule has 1 saturated heterocycles. The number of fused-ring (bicyclic) bond motifs is 1. The molecule has 2 N–H and O–H groups in total. The van der Waals surface area contributed by atoms with Gasteiger partial charge in [0.15, 0.2) is 0 Å². The summed E-state index contributed by atoms with van der Waals surface area (Å²) >= 11 is 6.36. The molecule has 1 atom stereocenters. The minimum atomic E-state index is -0.374. The maximum Gasteiger partial charge on any atom is 0.246 e. The Morgan fingerprint density at radius 2 is 2.10 bits per heavy atom. The summed E-state index contributed by atoms with van der Waals surface area (Å²) in [5, 5.41) is 6.37. The van der Waals surface area contributed by atoms with Gasteiger partial charge >= 0.3 is 0 Å². The van der Waals surface area contributed by atoms with Gasteiger partial charge in [0.2, 0.25) is 11.8 Å². The molecule has 0 radical (unpaired) electrons. The molecule has 1 aromatic rings. The van der Waals surface area contributed by atoms with Crippen molar-refractivity contribution in [1.29, 1.82) is 0 Å². The van der Waals surface area contributed by atoms with Crippen LogP contribution in [-0.4, -0.2) is 50.4 Å². The molecule has 1 fully saturated rings. The molecule has 0 spiro atoms. The van der Waals surface area contributed by atoms with E-state index in [1.807, 2.05) is 11.0 Å². The van der Waals surface area contributed by atoms with Gasteiger partial charge < -0.3 is 20.4 Å². The molecule has 7 heteroatoms. The summed E-state index contributed by atoms with van der Waals surface area (Å²) < 4.78 is 0. The highest BCUT2D eigenvalue weighted by Gasteiger charge is 2.31. The second kappa shape index (κ2) is 5.20. The van der Waals surface area contributed by atoms with Crippen LogP contribution in [0.15, 0.2) is 12.1 Å². The van der Waals surface area contributed by atoms with Crippen molar-refractivity contribution in [3.63, 3.8) is 0 Å². The van der Waals surface area contributed by atoms with Gasteiger partial charge in [-0.15, -0.1) is 0 Å². The number of anilines is 2. The minimum absolute atomic E-state index is 0.0648. The van der Waals surface area contributed by atoms with Crippen LogP contribution >= 0.6 is 11.6 Å². The first-order valence-corrected chi connectivity index (χ1v) is 7.19. The second-order valence-electron chi connectivity index (χ2n) is 5.34. The number of rotatable bonds is 2. The van der Waals surface area contributed by atoms with Crippen LogP contribution in [-0.2, 0) is 9.59 Å². The lowest BCUT2D eigenvalue weighted by molar-refractivity contribution is -0.129. The number of carbonyl (C=O) groups excluding carboxylic acids is 2. The SMILES string of the molecule is CNC1C(=O)Nc2cc(N3CCN(C)C(=O)C3)c(Cl)cc21. The Morgan fingerprint density at radius 3 is 2.76 bits per heavy atom. The summed E-state index contributed by atoms with van der Waals surface area (Å²) in [6.45, 7) is 1.69. The number of nitrogens with zero attached hydrogens (tertiary/aromatic N) is 2. The van der Waals surface area contributed by atoms with E-state index in [9.17, 15) is 9.59 Å². The lowest BCUT2D eigenvalue weighted by atomic mass is 10.1. The van der Waals surface area contributed by atoms with Crippen LogP contribution < -0.4 is 15.5 Å². The Bertz CT molecular complexity index is 619. The van der Waals surface area contributed by atoms with Gasteiger partial charge in [-0.25, -0.2) is 0 Å². The molecule has 2 amide bonds. The van der Waals surface area contributed by atoms with Crippen LogP contribution in [0.4, 0.5) is 11.4 Å². The molecule has 0 saturated carbocycles. The fourth-order valence-electron chi connectivity index (χ4n) is 2.76. The van der Waals surface area contributed by atoms with Crippen molar-refractivity contribution in [3.05, 3.63) is 22.7 Å². The lowest BCUT2D eigenvalue weighted by Gasteiger charge is -2.34. The highest BCUT2D eigenvalue weighted by atomic mass is 35.5. The molecule has 1 unspecified atom stereocenters. The molecule has 2 aliphatic rings. The first kappa shape index (κ1) is 14.2. The van der Waals surface area contributed by atoms with Crippen LogP contribution in [0, 0.1) is 0 Å². The van der Waals surface area contributed by atoms with Gasteiger partial charge in [0.05, 0.1) is 17.3 Å². The van der Waals surface area contributed by atoms with E-state index in [0.717, 1.165) is 23.5 Å². The van der Waals surface area contributed by atoms with Crippen LogP contribution in [0.1, 0.15) is 11.6 Å². The Morgan fingerprint density at radius 1 is 1.33 bits per heavy atom. The van der Waals surface area contributed by atoms with Crippen molar-refractivity contribution in [1.82, 2.24) is 10.2 Å². The topological polar surface area (TPSA) is 64.7 Å². The minimum Gasteiger partial charge on any atom is -0.359 e. The first-order chi connectivity index (χ1) is 10.0. The van der Waals surface area contributed by atoms with Gasteiger partial charge in [-0.1, -0.05) is 11.6 Å². The summed E-state index contributed by atoms with van der Waals surface area (Å²) in [7, 11) is 3.53.